The van der Waals surface area contributed by atoms with E-state index in [1.165, 1.54) is 29.5 Å². The van der Waals surface area contributed by atoms with Gasteiger partial charge in [0.15, 0.2) is 0 Å². The molecule has 140 valence electrons. The minimum atomic E-state index is -0.673. The molecular formula is C20H14N2O5S. The maximum Gasteiger partial charge on any atom is 0.336 e. The first-order chi connectivity index (χ1) is 13.5. The fourth-order valence-corrected chi connectivity index (χ4v) is 2.93. The van der Waals surface area contributed by atoms with Gasteiger partial charge in [-0.1, -0.05) is 18.2 Å². The molecule has 1 heterocycles. The molecule has 0 fully saturated rings. The number of amides is 1. The third kappa shape index (κ3) is 4.89. The molecule has 0 spiro atoms. The molecule has 0 aliphatic rings. The molecular weight excluding hydrogens is 380 g/mol. The number of rotatable bonds is 6. The van der Waals surface area contributed by atoms with Gasteiger partial charge in [0.1, 0.15) is 5.75 Å². The number of hydrogen-bond acceptors (Lipinski definition) is 6. The van der Waals surface area contributed by atoms with Crippen molar-refractivity contribution in [2.24, 2.45) is 0 Å². The molecule has 0 aliphatic carbocycles. The Labute approximate surface area is 164 Å². The van der Waals surface area contributed by atoms with Gasteiger partial charge in [-0.15, -0.1) is 11.3 Å². The summed E-state index contributed by atoms with van der Waals surface area (Å²) in [7, 11) is 0. The number of hydrogen-bond donors (Lipinski definition) is 1. The number of benzene rings is 2. The number of nitrogens with one attached hydrogen (secondary N) is 1. The Bertz CT molecular complexity index is 1030. The number of nitro groups is 1. The Morgan fingerprint density at radius 2 is 1.79 bits per heavy atom. The zero-order valence-electron chi connectivity index (χ0n) is 14.4. The van der Waals surface area contributed by atoms with Crippen LogP contribution < -0.4 is 10.1 Å². The predicted molar refractivity (Wildman–Crippen MR) is 106 cm³/mol. The van der Waals surface area contributed by atoms with E-state index < -0.39 is 10.9 Å². The van der Waals surface area contributed by atoms with Gasteiger partial charge in [0.25, 0.3) is 11.6 Å². The van der Waals surface area contributed by atoms with E-state index in [1.54, 1.807) is 48.5 Å². The van der Waals surface area contributed by atoms with E-state index in [2.05, 4.69) is 5.32 Å². The lowest BCUT2D eigenvalue weighted by atomic mass is 10.1. The van der Waals surface area contributed by atoms with Crippen molar-refractivity contribution in [2.75, 3.05) is 5.32 Å². The highest BCUT2D eigenvalue weighted by Crippen LogP contribution is 2.20. The van der Waals surface area contributed by atoms with Crippen LogP contribution in [0.15, 0.2) is 72.1 Å². The van der Waals surface area contributed by atoms with Crippen LogP contribution in [0.25, 0.3) is 6.08 Å². The fourth-order valence-electron chi connectivity index (χ4n) is 2.31. The molecule has 0 saturated carbocycles. The number of nitro benzene ring substituents is 1. The fraction of sp³-hybridized carbons (Fsp3) is 0. The number of nitrogens with zero attached hydrogens (tertiary/aromatic N) is 1. The smallest absolute Gasteiger partial charge is 0.336 e. The summed E-state index contributed by atoms with van der Waals surface area (Å²) in [6.07, 6.45) is 2.45. The van der Waals surface area contributed by atoms with Crippen LogP contribution in [-0.4, -0.2) is 16.8 Å². The van der Waals surface area contributed by atoms with Crippen LogP contribution in [0.2, 0.25) is 0 Å². The molecule has 7 nitrogen and oxygen atoms in total. The summed E-state index contributed by atoms with van der Waals surface area (Å²) >= 11 is 1.34. The van der Waals surface area contributed by atoms with Gasteiger partial charge in [-0.2, -0.15) is 0 Å². The molecule has 8 heteroatoms. The Balaban J connectivity index is 1.60. The van der Waals surface area contributed by atoms with Crippen molar-refractivity contribution in [3.63, 3.8) is 0 Å². The Hall–Kier alpha value is -3.78. The van der Waals surface area contributed by atoms with Crippen molar-refractivity contribution in [3.05, 3.63) is 92.7 Å². The maximum atomic E-state index is 12.0. The largest absolute Gasteiger partial charge is 0.423 e. The number of ether oxygens (including phenoxy) is 1. The quantitative estimate of drug-likeness (QED) is 0.218. The van der Waals surface area contributed by atoms with Crippen molar-refractivity contribution in [1.29, 1.82) is 0 Å². The lowest BCUT2D eigenvalue weighted by Crippen LogP contribution is -2.10. The van der Waals surface area contributed by atoms with Gasteiger partial charge in [0.2, 0.25) is 0 Å². The summed E-state index contributed by atoms with van der Waals surface area (Å²) in [6, 6.07) is 15.9. The monoisotopic (exact) mass is 394 g/mol. The zero-order valence-corrected chi connectivity index (χ0v) is 15.2. The molecule has 28 heavy (non-hydrogen) atoms. The average Bonchev–Trinajstić information content (AvgIpc) is 3.23. The molecule has 0 unspecified atom stereocenters. The van der Waals surface area contributed by atoms with Crippen molar-refractivity contribution in [2.45, 2.75) is 0 Å². The van der Waals surface area contributed by atoms with Gasteiger partial charge in [-0.3, -0.25) is 14.9 Å². The highest BCUT2D eigenvalue weighted by atomic mass is 32.1. The molecule has 2 aromatic carbocycles. The van der Waals surface area contributed by atoms with Crippen LogP contribution in [0.1, 0.15) is 15.2 Å². The summed E-state index contributed by atoms with van der Waals surface area (Å²) < 4.78 is 5.16. The van der Waals surface area contributed by atoms with Crippen molar-refractivity contribution in [1.82, 2.24) is 0 Å². The van der Waals surface area contributed by atoms with Gasteiger partial charge in [0.05, 0.1) is 15.4 Å². The minimum absolute atomic E-state index is 0.0996. The average molecular weight is 394 g/mol. The number of carbonyl (C=O) groups is 2. The van der Waals surface area contributed by atoms with Crippen LogP contribution in [-0.2, 0) is 4.79 Å². The van der Waals surface area contributed by atoms with E-state index in [0.29, 0.717) is 16.1 Å². The first kappa shape index (κ1) is 19.0. The van der Waals surface area contributed by atoms with Crippen LogP contribution in [0, 0.1) is 10.1 Å². The number of anilines is 1. The van der Waals surface area contributed by atoms with Gasteiger partial charge in [0, 0.05) is 17.8 Å². The maximum absolute atomic E-state index is 12.0. The molecule has 0 radical (unpaired) electrons. The van der Waals surface area contributed by atoms with Crippen molar-refractivity contribution in [3.8, 4) is 5.75 Å². The third-order valence-corrected chi connectivity index (χ3v) is 4.48. The van der Waals surface area contributed by atoms with Crippen LogP contribution in [0.5, 0.6) is 5.75 Å². The molecule has 3 aromatic rings. The van der Waals surface area contributed by atoms with Crippen molar-refractivity contribution < 1.29 is 19.2 Å². The summed E-state index contributed by atoms with van der Waals surface area (Å²) in [6.45, 7) is 0. The SMILES string of the molecule is O=C(/C=C/c1ccccc1[N+](=O)[O-])Oc1ccc(NC(=O)c2cccs2)cc1. The highest BCUT2D eigenvalue weighted by Gasteiger charge is 2.10. The van der Waals surface area contributed by atoms with Crippen LogP contribution in [0.4, 0.5) is 11.4 Å². The zero-order chi connectivity index (χ0) is 19.9. The van der Waals surface area contributed by atoms with E-state index in [9.17, 15) is 19.7 Å². The van der Waals surface area contributed by atoms with Gasteiger partial charge in [-0.25, -0.2) is 4.79 Å². The second-order valence-electron chi connectivity index (χ2n) is 5.53. The predicted octanol–water partition coefficient (Wildman–Crippen LogP) is 4.53. The first-order valence-corrected chi connectivity index (χ1v) is 8.99. The summed E-state index contributed by atoms with van der Waals surface area (Å²) in [5.41, 5.74) is 0.766. The molecule has 0 bridgehead atoms. The molecule has 0 saturated heterocycles. The first-order valence-electron chi connectivity index (χ1n) is 8.11. The number of para-hydroxylation sites is 1. The molecule has 1 aromatic heterocycles. The number of esters is 1. The van der Waals surface area contributed by atoms with E-state index in [4.69, 9.17) is 4.74 Å². The lowest BCUT2D eigenvalue weighted by molar-refractivity contribution is -0.385. The van der Waals surface area contributed by atoms with Crippen molar-refractivity contribution >= 4 is 40.7 Å². The van der Waals surface area contributed by atoms with E-state index >= 15 is 0 Å². The summed E-state index contributed by atoms with van der Waals surface area (Å²) in [5, 5.41) is 15.5. The third-order valence-electron chi connectivity index (χ3n) is 3.61. The Morgan fingerprint density at radius 1 is 1.04 bits per heavy atom. The number of thiophene rings is 1. The highest BCUT2D eigenvalue weighted by molar-refractivity contribution is 7.12. The van der Waals surface area contributed by atoms with Gasteiger partial charge in [-0.05, 0) is 47.9 Å². The lowest BCUT2D eigenvalue weighted by Gasteiger charge is -2.05. The second kappa shape index (κ2) is 8.74. The second-order valence-corrected chi connectivity index (χ2v) is 6.47. The summed E-state index contributed by atoms with van der Waals surface area (Å²) in [4.78, 5) is 35.0. The van der Waals surface area contributed by atoms with Gasteiger partial charge >= 0.3 is 5.97 Å². The van der Waals surface area contributed by atoms with Crippen LogP contribution >= 0.6 is 11.3 Å². The normalized spacial score (nSPS) is 10.6. The molecule has 0 atom stereocenters. The number of carbonyl (C=O) groups excluding carboxylic acids is 2. The van der Waals surface area contributed by atoms with E-state index in [1.807, 2.05) is 5.38 Å². The Morgan fingerprint density at radius 3 is 2.46 bits per heavy atom. The van der Waals surface area contributed by atoms with E-state index in [-0.39, 0.29) is 17.3 Å². The summed E-state index contributed by atoms with van der Waals surface area (Å²) in [5.74, 6) is -0.605. The topological polar surface area (TPSA) is 98.5 Å². The molecule has 0 aliphatic heterocycles. The van der Waals surface area contributed by atoms with Crippen LogP contribution in [0.3, 0.4) is 0 Å². The molecule has 1 N–H and O–H groups in total. The molecule has 1 amide bonds. The molecule has 3 rings (SSSR count). The minimum Gasteiger partial charge on any atom is -0.423 e. The Kier molecular flexibility index (Phi) is 5.93. The standard InChI is InChI=1S/C20H14N2O5S/c23-19(12-7-14-4-1-2-5-17(14)22(25)26)27-16-10-8-15(9-11-16)21-20(24)18-6-3-13-28-18/h1-13H,(H,21,24)/b12-7+. The van der Waals surface area contributed by atoms with E-state index in [0.717, 1.165) is 6.08 Å². The van der Waals surface area contributed by atoms with Gasteiger partial charge < -0.3 is 10.1 Å².